The Morgan fingerprint density at radius 1 is 0.673 bits per heavy atom. The molecule has 4 aromatic carbocycles. The van der Waals surface area contributed by atoms with Gasteiger partial charge >= 0.3 is 0 Å². The van der Waals surface area contributed by atoms with Crippen LogP contribution in [-0.2, 0) is 22.7 Å². The quantitative estimate of drug-likeness (QED) is 0.0738. The Bertz CT molecular complexity index is 2230. The van der Waals surface area contributed by atoms with Crippen LogP contribution in [0.4, 0.5) is 11.4 Å². The molecule has 0 spiro atoms. The van der Waals surface area contributed by atoms with Crippen molar-refractivity contribution < 1.29 is 27.9 Å². The fraction of sp³-hybridized carbons (Fsp3) is 0.176. The van der Waals surface area contributed by atoms with Gasteiger partial charge in [0.25, 0.3) is 23.2 Å². The minimum Gasteiger partial charge on any atom is -0.370 e. The minimum atomic E-state index is -4.18. The number of nitrogens with two attached hydrogens (primary N) is 4. The average molecular weight is 749 g/mol. The van der Waals surface area contributed by atoms with Gasteiger partial charge in [0, 0.05) is 17.0 Å². The summed E-state index contributed by atoms with van der Waals surface area (Å²) in [7, 11) is -4.18. The number of aliphatic imine (C=N–C) groups is 2. The molecule has 0 saturated heterocycles. The van der Waals surface area contributed by atoms with Gasteiger partial charge in [0.1, 0.15) is 4.90 Å². The lowest BCUT2D eigenvalue weighted by Crippen LogP contribution is -2.24. The molecule has 0 aliphatic carbocycles. The normalized spacial score (nSPS) is 10.7. The first kappa shape index (κ1) is 40.3. The summed E-state index contributed by atoms with van der Waals surface area (Å²) in [4.78, 5) is 53.7. The van der Waals surface area contributed by atoms with E-state index >= 15 is 0 Å². The van der Waals surface area contributed by atoms with E-state index in [1.54, 1.807) is 32.0 Å². The Morgan fingerprint density at radius 2 is 1.13 bits per heavy atom. The molecule has 0 aliphatic rings. The molecule has 272 valence electrons. The first-order chi connectivity index (χ1) is 24.4. The largest absolute Gasteiger partial charge is 0.370 e. The third-order valence-corrected chi connectivity index (χ3v) is 10.6. The number of nitro groups is 2. The number of amides is 2. The summed E-state index contributed by atoms with van der Waals surface area (Å²) in [5.74, 6) is -2.45. The van der Waals surface area contributed by atoms with Gasteiger partial charge in [0.2, 0.25) is 9.84 Å². The highest BCUT2D eigenvalue weighted by Gasteiger charge is 2.31. The van der Waals surface area contributed by atoms with E-state index in [0.717, 1.165) is 22.6 Å². The maximum absolute atomic E-state index is 13.1. The van der Waals surface area contributed by atoms with Crippen molar-refractivity contribution in [2.75, 3.05) is 0 Å². The number of guanidine groups is 2. The highest BCUT2D eigenvalue weighted by Crippen LogP contribution is 2.38. The van der Waals surface area contributed by atoms with Gasteiger partial charge in [-0.05, 0) is 73.2 Å². The number of nitrogens with zero attached hydrogens (tertiary/aromatic N) is 4. The van der Waals surface area contributed by atoms with E-state index in [1.165, 1.54) is 30.0 Å². The maximum Gasteiger partial charge on any atom is 0.289 e. The van der Waals surface area contributed by atoms with Crippen molar-refractivity contribution in [1.29, 1.82) is 0 Å². The van der Waals surface area contributed by atoms with Crippen molar-refractivity contribution in [3.05, 3.63) is 126 Å². The predicted molar refractivity (Wildman–Crippen MR) is 197 cm³/mol. The third kappa shape index (κ3) is 9.55. The number of hydrogen-bond donors (Lipinski definition) is 4. The molecule has 0 heterocycles. The average Bonchev–Trinajstić information content (AvgIpc) is 3.08. The van der Waals surface area contributed by atoms with Crippen molar-refractivity contribution >= 4 is 56.7 Å². The van der Waals surface area contributed by atoms with Crippen LogP contribution in [0.3, 0.4) is 0 Å². The second kappa shape index (κ2) is 17.2. The number of aryl methyl sites for hydroxylation is 4. The molecule has 0 aromatic heterocycles. The first-order valence-corrected chi connectivity index (χ1v) is 17.7. The molecule has 16 nitrogen and oxygen atoms in total. The van der Waals surface area contributed by atoms with E-state index < -0.39 is 48.0 Å². The Kier molecular flexibility index (Phi) is 13.3. The molecule has 0 unspecified atom stereocenters. The lowest BCUT2D eigenvalue weighted by atomic mass is 10.0. The summed E-state index contributed by atoms with van der Waals surface area (Å²) in [6.45, 7) is 7.06. The van der Waals surface area contributed by atoms with Gasteiger partial charge in [-0.3, -0.25) is 29.8 Å². The van der Waals surface area contributed by atoms with E-state index in [9.17, 15) is 38.2 Å². The summed E-state index contributed by atoms with van der Waals surface area (Å²) < 4.78 is 26.1. The van der Waals surface area contributed by atoms with E-state index in [1.807, 2.05) is 38.1 Å². The number of carbonyl (C=O) groups is 2. The fourth-order valence-electron chi connectivity index (χ4n) is 4.91. The molecule has 0 aliphatic heterocycles. The highest BCUT2D eigenvalue weighted by molar-refractivity contribution is 7.99. The van der Waals surface area contributed by atoms with Gasteiger partial charge in [-0.25, -0.2) is 8.42 Å². The number of carbonyl (C=O) groups excluding carboxylic acids is 2. The molecule has 18 heteroatoms. The summed E-state index contributed by atoms with van der Waals surface area (Å²) in [6, 6.07) is 18.7. The van der Waals surface area contributed by atoms with E-state index in [-0.39, 0.29) is 39.7 Å². The summed E-state index contributed by atoms with van der Waals surface area (Å²) in [6.07, 6.45) is 0.760. The Balaban J connectivity index is 0.000000281. The molecule has 0 saturated carbocycles. The van der Waals surface area contributed by atoms with Gasteiger partial charge in [-0.1, -0.05) is 62.0 Å². The third-order valence-electron chi connectivity index (χ3n) is 7.43. The van der Waals surface area contributed by atoms with Crippen molar-refractivity contribution in [3.8, 4) is 0 Å². The predicted octanol–water partition coefficient (Wildman–Crippen LogP) is 4.74. The SMILES string of the molecule is CCc1cc(S(=O)(=O)c2ccccc2C)c([N+](=O)[O-])cc1C(=O)N=C(N)N.CCc1cc(Sc2ccccc2C)c([N+](=O)[O-])cc1C(=O)N=C(N)N. The first-order valence-electron chi connectivity index (χ1n) is 15.4. The summed E-state index contributed by atoms with van der Waals surface area (Å²) >= 11 is 1.29. The maximum atomic E-state index is 13.1. The minimum absolute atomic E-state index is 0.0431. The number of hydrogen-bond acceptors (Lipinski definition) is 9. The van der Waals surface area contributed by atoms with Crippen molar-refractivity contribution in [3.63, 3.8) is 0 Å². The van der Waals surface area contributed by atoms with Crippen LogP contribution in [0.25, 0.3) is 0 Å². The number of sulfone groups is 1. The van der Waals surface area contributed by atoms with Gasteiger partial charge in [-0.2, -0.15) is 9.98 Å². The van der Waals surface area contributed by atoms with Gasteiger partial charge < -0.3 is 22.9 Å². The molecule has 8 N–H and O–H groups in total. The zero-order valence-corrected chi connectivity index (χ0v) is 30.2. The van der Waals surface area contributed by atoms with Crippen LogP contribution in [0.5, 0.6) is 0 Å². The van der Waals surface area contributed by atoms with Crippen molar-refractivity contribution in [1.82, 2.24) is 0 Å². The van der Waals surface area contributed by atoms with E-state index in [0.29, 0.717) is 22.4 Å². The van der Waals surface area contributed by atoms with Crippen molar-refractivity contribution in [2.45, 2.75) is 60.1 Å². The Labute approximate surface area is 303 Å². The number of benzene rings is 4. The molecule has 0 bridgehead atoms. The second-order valence-electron chi connectivity index (χ2n) is 11.0. The smallest absolute Gasteiger partial charge is 0.289 e. The monoisotopic (exact) mass is 748 g/mol. The van der Waals surface area contributed by atoms with Crippen LogP contribution < -0.4 is 22.9 Å². The van der Waals surface area contributed by atoms with Crippen LogP contribution >= 0.6 is 11.8 Å². The molecule has 0 fully saturated rings. The van der Waals surface area contributed by atoms with Crippen LogP contribution in [0.2, 0.25) is 0 Å². The molecular formula is C34H36N8O8S2. The molecule has 4 rings (SSSR count). The highest BCUT2D eigenvalue weighted by atomic mass is 32.2. The molecule has 0 atom stereocenters. The van der Waals surface area contributed by atoms with Gasteiger partial charge in [0.05, 0.1) is 30.8 Å². The molecule has 4 aromatic rings. The summed E-state index contributed by atoms with van der Waals surface area (Å²) in [5.41, 5.74) is 22.4. The van der Waals surface area contributed by atoms with Crippen LogP contribution in [0.1, 0.15) is 56.8 Å². The zero-order valence-electron chi connectivity index (χ0n) is 28.5. The molecule has 2 amide bonds. The number of rotatable bonds is 10. The van der Waals surface area contributed by atoms with Crippen LogP contribution in [0.15, 0.2) is 102 Å². The standard InChI is InChI=1S/C17H18N4O5S.C17H18N4O3S/c1-3-11-8-15(27(25,26)14-7-5-4-6-10(14)2)13(21(23)24)9-12(11)16(22)20-17(18)19;1-3-11-8-15(25-14-7-5-4-6-10(14)2)13(21(23)24)9-12(11)16(22)20-17(18)19/h4-9H,3H2,1-2H3,(H4,18,19,20,22);4-9H,3H2,1-2H3,(H4,18,19,20,22). The lowest BCUT2D eigenvalue weighted by Gasteiger charge is -2.12. The van der Waals surface area contributed by atoms with Crippen LogP contribution in [0, 0.1) is 34.1 Å². The van der Waals surface area contributed by atoms with Crippen LogP contribution in [-0.4, -0.2) is 42.0 Å². The fourth-order valence-corrected chi connectivity index (χ4v) is 7.65. The van der Waals surface area contributed by atoms with E-state index in [4.69, 9.17) is 22.9 Å². The molecule has 0 radical (unpaired) electrons. The number of nitro benzene ring substituents is 2. The zero-order chi connectivity index (χ0) is 38.9. The Hall–Kier alpha value is -6.14. The van der Waals surface area contributed by atoms with Gasteiger partial charge in [-0.15, -0.1) is 0 Å². The lowest BCUT2D eigenvalue weighted by molar-refractivity contribution is -0.388. The topological polar surface area (TPSA) is 283 Å². The summed E-state index contributed by atoms with van der Waals surface area (Å²) in [5, 5.41) is 23.0. The van der Waals surface area contributed by atoms with Crippen molar-refractivity contribution in [2.24, 2.45) is 32.9 Å². The molecular weight excluding hydrogens is 713 g/mol. The molecule has 52 heavy (non-hydrogen) atoms. The van der Waals surface area contributed by atoms with E-state index in [2.05, 4.69) is 9.98 Å². The van der Waals surface area contributed by atoms with Gasteiger partial charge in [0.15, 0.2) is 11.9 Å². The second-order valence-corrected chi connectivity index (χ2v) is 14.0. The Morgan fingerprint density at radius 3 is 1.60 bits per heavy atom.